The van der Waals surface area contributed by atoms with Crippen molar-refractivity contribution in [2.75, 3.05) is 12.4 Å². The molecule has 0 fully saturated rings. The lowest BCUT2D eigenvalue weighted by molar-refractivity contribution is -0.140. The first-order valence-electron chi connectivity index (χ1n) is 4.51. The lowest BCUT2D eigenvalue weighted by atomic mass is 10.2. The van der Waals surface area contributed by atoms with Crippen LogP contribution in [0.4, 0.5) is 17.6 Å². The fraction of sp³-hybridized carbons (Fsp3) is 0.333. The SMILES string of the molecule is O=S(=O)(Cl)CCOc1ccc(F)c(C(F)(F)F)c1. The topological polar surface area (TPSA) is 43.4 Å². The van der Waals surface area contributed by atoms with Crippen molar-refractivity contribution < 1.29 is 30.7 Å². The van der Waals surface area contributed by atoms with Crippen molar-refractivity contribution >= 4 is 19.7 Å². The molecule has 0 radical (unpaired) electrons. The standard InChI is InChI=1S/C9H7ClF4O3S/c10-18(15,16)4-3-17-6-1-2-8(11)7(5-6)9(12,13)14/h1-2,5H,3-4H2. The molecule has 0 unspecified atom stereocenters. The highest BCUT2D eigenvalue weighted by molar-refractivity contribution is 8.13. The molecule has 1 rings (SSSR count). The van der Waals surface area contributed by atoms with Crippen LogP contribution in [0.1, 0.15) is 5.56 Å². The zero-order valence-electron chi connectivity index (χ0n) is 8.67. The van der Waals surface area contributed by atoms with E-state index in [9.17, 15) is 26.0 Å². The van der Waals surface area contributed by atoms with Gasteiger partial charge in [-0.15, -0.1) is 0 Å². The highest BCUT2D eigenvalue weighted by Crippen LogP contribution is 2.33. The summed E-state index contributed by atoms with van der Waals surface area (Å²) < 4.78 is 75.7. The van der Waals surface area contributed by atoms with Crippen LogP contribution in [0.3, 0.4) is 0 Å². The van der Waals surface area contributed by atoms with E-state index in [4.69, 9.17) is 15.4 Å². The Morgan fingerprint density at radius 3 is 2.39 bits per heavy atom. The molecule has 0 aliphatic carbocycles. The van der Waals surface area contributed by atoms with Crippen LogP contribution in [-0.4, -0.2) is 20.8 Å². The van der Waals surface area contributed by atoms with Crippen molar-refractivity contribution in [3.8, 4) is 5.75 Å². The molecule has 0 aliphatic heterocycles. The summed E-state index contributed by atoms with van der Waals surface area (Å²) in [7, 11) is 1.09. The van der Waals surface area contributed by atoms with E-state index in [1.54, 1.807) is 0 Å². The Labute approximate surface area is 105 Å². The van der Waals surface area contributed by atoms with E-state index in [0.717, 1.165) is 6.07 Å². The maximum Gasteiger partial charge on any atom is 0.419 e. The minimum absolute atomic E-state index is 0.288. The number of alkyl halides is 3. The van der Waals surface area contributed by atoms with Gasteiger partial charge in [-0.05, 0) is 18.2 Å². The summed E-state index contributed by atoms with van der Waals surface area (Å²) in [6, 6.07) is 2.01. The predicted octanol–water partition coefficient (Wildman–Crippen LogP) is 2.79. The molecule has 3 nitrogen and oxygen atoms in total. The molecule has 0 amide bonds. The summed E-state index contributed by atoms with van der Waals surface area (Å²) in [5.74, 6) is -2.28. The van der Waals surface area contributed by atoms with Crippen LogP contribution in [0, 0.1) is 5.82 Å². The van der Waals surface area contributed by atoms with Crippen LogP contribution in [0.5, 0.6) is 5.75 Å². The summed E-state index contributed by atoms with van der Waals surface area (Å²) in [4.78, 5) is 0. The minimum Gasteiger partial charge on any atom is -0.492 e. The van der Waals surface area contributed by atoms with Gasteiger partial charge in [-0.2, -0.15) is 13.2 Å². The third kappa shape index (κ3) is 4.69. The molecule has 0 N–H and O–H groups in total. The van der Waals surface area contributed by atoms with E-state index in [-0.39, 0.29) is 5.75 Å². The van der Waals surface area contributed by atoms with Gasteiger partial charge in [0.2, 0.25) is 9.05 Å². The van der Waals surface area contributed by atoms with E-state index in [1.165, 1.54) is 0 Å². The Morgan fingerprint density at radius 1 is 1.28 bits per heavy atom. The number of hydrogen-bond donors (Lipinski definition) is 0. The molecule has 0 aliphatic rings. The van der Waals surface area contributed by atoms with Crippen LogP contribution < -0.4 is 4.74 Å². The van der Waals surface area contributed by atoms with Gasteiger partial charge in [-0.25, -0.2) is 12.8 Å². The molecule has 0 saturated carbocycles. The Bertz CT molecular complexity index is 527. The molecule has 102 valence electrons. The maximum atomic E-state index is 12.9. The van der Waals surface area contributed by atoms with E-state index in [2.05, 4.69) is 0 Å². The second-order valence-corrected chi connectivity index (χ2v) is 6.13. The Morgan fingerprint density at radius 2 is 1.89 bits per heavy atom. The van der Waals surface area contributed by atoms with Crippen LogP contribution in [0.15, 0.2) is 18.2 Å². The van der Waals surface area contributed by atoms with Crippen molar-refractivity contribution in [3.63, 3.8) is 0 Å². The quantitative estimate of drug-likeness (QED) is 0.634. The highest BCUT2D eigenvalue weighted by atomic mass is 35.7. The number of ether oxygens (including phenoxy) is 1. The molecular weight excluding hydrogens is 300 g/mol. The summed E-state index contributed by atoms with van der Waals surface area (Å²) in [5.41, 5.74) is -1.48. The average molecular weight is 307 g/mol. The number of halogens is 5. The zero-order chi connectivity index (χ0) is 14.0. The minimum atomic E-state index is -4.85. The van der Waals surface area contributed by atoms with Crippen molar-refractivity contribution in [1.82, 2.24) is 0 Å². The maximum absolute atomic E-state index is 12.9. The van der Waals surface area contributed by atoms with Gasteiger partial charge in [0.25, 0.3) is 0 Å². The van der Waals surface area contributed by atoms with E-state index in [0.29, 0.717) is 12.1 Å². The number of benzene rings is 1. The molecule has 1 aromatic carbocycles. The van der Waals surface area contributed by atoms with Gasteiger partial charge in [-0.1, -0.05) is 0 Å². The Hall–Kier alpha value is -1.02. The highest BCUT2D eigenvalue weighted by Gasteiger charge is 2.34. The lowest BCUT2D eigenvalue weighted by Crippen LogP contribution is -2.11. The first-order valence-corrected chi connectivity index (χ1v) is 6.99. The molecule has 9 heteroatoms. The van der Waals surface area contributed by atoms with E-state index >= 15 is 0 Å². The van der Waals surface area contributed by atoms with Gasteiger partial charge in [0.05, 0.1) is 11.3 Å². The van der Waals surface area contributed by atoms with E-state index < -0.39 is 39.0 Å². The van der Waals surface area contributed by atoms with Gasteiger partial charge in [0.15, 0.2) is 0 Å². The van der Waals surface area contributed by atoms with Crippen LogP contribution in [0.25, 0.3) is 0 Å². The summed E-state index contributed by atoms with van der Waals surface area (Å²) >= 11 is 0. The molecule has 0 atom stereocenters. The van der Waals surface area contributed by atoms with Crippen molar-refractivity contribution in [2.24, 2.45) is 0 Å². The van der Waals surface area contributed by atoms with Gasteiger partial charge in [0.1, 0.15) is 18.2 Å². The van der Waals surface area contributed by atoms with Crippen LogP contribution >= 0.6 is 10.7 Å². The summed E-state index contributed by atoms with van der Waals surface area (Å²) in [6.07, 6.45) is -4.85. The Balaban J connectivity index is 2.80. The second kappa shape index (κ2) is 5.31. The second-order valence-electron chi connectivity index (χ2n) is 3.23. The molecule has 0 heterocycles. The molecule has 0 bridgehead atoms. The zero-order valence-corrected chi connectivity index (χ0v) is 10.2. The monoisotopic (exact) mass is 306 g/mol. The van der Waals surface area contributed by atoms with Gasteiger partial charge in [-0.3, -0.25) is 0 Å². The van der Waals surface area contributed by atoms with Gasteiger partial charge in [0, 0.05) is 10.7 Å². The molecule has 1 aromatic rings. The molecule has 0 saturated heterocycles. The fourth-order valence-electron chi connectivity index (χ4n) is 1.07. The molecule has 0 spiro atoms. The summed E-state index contributed by atoms with van der Waals surface area (Å²) in [6.45, 7) is -0.422. The van der Waals surface area contributed by atoms with Gasteiger partial charge < -0.3 is 4.74 Å². The summed E-state index contributed by atoms with van der Waals surface area (Å²) in [5, 5.41) is 0. The number of hydrogen-bond acceptors (Lipinski definition) is 3. The normalized spacial score (nSPS) is 12.5. The van der Waals surface area contributed by atoms with Crippen molar-refractivity contribution in [1.29, 1.82) is 0 Å². The lowest BCUT2D eigenvalue weighted by Gasteiger charge is -2.10. The first kappa shape index (κ1) is 15.0. The largest absolute Gasteiger partial charge is 0.492 e. The van der Waals surface area contributed by atoms with Crippen molar-refractivity contribution in [3.05, 3.63) is 29.6 Å². The molecular formula is C9H7ClF4O3S. The van der Waals surface area contributed by atoms with Crippen LogP contribution in [-0.2, 0) is 15.2 Å². The smallest absolute Gasteiger partial charge is 0.419 e. The van der Waals surface area contributed by atoms with Crippen LogP contribution in [0.2, 0.25) is 0 Å². The van der Waals surface area contributed by atoms with Crippen molar-refractivity contribution in [2.45, 2.75) is 6.18 Å². The molecule has 0 aromatic heterocycles. The predicted molar refractivity (Wildman–Crippen MR) is 56.5 cm³/mol. The fourth-order valence-corrected chi connectivity index (χ4v) is 1.54. The Kier molecular flexibility index (Phi) is 4.44. The molecule has 18 heavy (non-hydrogen) atoms. The van der Waals surface area contributed by atoms with Gasteiger partial charge >= 0.3 is 6.18 Å². The average Bonchev–Trinajstić information content (AvgIpc) is 2.17. The third-order valence-corrected chi connectivity index (χ3v) is 2.96. The first-order chi connectivity index (χ1) is 8.09. The van der Waals surface area contributed by atoms with E-state index in [1.807, 2.05) is 0 Å². The number of rotatable bonds is 4. The third-order valence-electron chi connectivity index (χ3n) is 1.84.